The third-order valence-electron chi connectivity index (χ3n) is 2.51. The Morgan fingerprint density at radius 1 is 1.38 bits per heavy atom. The molecule has 1 rings (SSSR count). The lowest BCUT2D eigenvalue weighted by molar-refractivity contribution is -0.119. The number of urea groups is 1. The maximum absolute atomic E-state index is 11.2. The smallest absolute Gasteiger partial charge is 0.321 e. The predicted molar refractivity (Wildman–Crippen MR) is 62.5 cm³/mol. The minimum absolute atomic E-state index is 0.472. The van der Waals surface area contributed by atoms with E-state index in [2.05, 4.69) is 15.5 Å². The number of nitrogens with one attached hydrogen (secondary N) is 2. The predicted octanol–water partition coefficient (Wildman–Crippen LogP) is 0.535. The molecule has 0 radical (unpaired) electrons. The van der Waals surface area contributed by atoms with Crippen LogP contribution in [0.25, 0.3) is 0 Å². The van der Waals surface area contributed by atoms with Gasteiger partial charge in [-0.25, -0.2) is 4.79 Å². The Morgan fingerprint density at radius 3 is 2.56 bits per heavy atom. The number of nitrogens with zero attached hydrogens (tertiary/aromatic N) is 1. The molecule has 0 saturated carbocycles. The zero-order chi connectivity index (χ0) is 12.0. The van der Waals surface area contributed by atoms with E-state index >= 15 is 0 Å². The van der Waals surface area contributed by atoms with Gasteiger partial charge in [0.25, 0.3) is 0 Å². The first-order valence-electron chi connectivity index (χ1n) is 5.54. The van der Waals surface area contributed by atoms with Gasteiger partial charge >= 0.3 is 6.03 Å². The topological polar surface area (TPSA) is 61.4 Å². The molecule has 5 nitrogen and oxygen atoms in total. The van der Waals surface area contributed by atoms with Crippen molar-refractivity contribution in [1.29, 1.82) is 0 Å². The normalized spacial score (nSPS) is 18.1. The number of likely N-dealkylation sites (tertiary alicyclic amines) is 1. The number of carbonyl (C=O) groups excluding carboxylic acids is 2. The highest BCUT2D eigenvalue weighted by molar-refractivity contribution is 6.31. The van der Waals surface area contributed by atoms with E-state index in [9.17, 15) is 9.59 Å². The minimum atomic E-state index is -0.690. The minimum Gasteiger partial charge on any atom is -0.337 e. The number of amides is 3. The molecule has 0 spiro atoms. The molecule has 1 heterocycles. The summed E-state index contributed by atoms with van der Waals surface area (Å²) in [6, 6.07) is -0.475. The van der Waals surface area contributed by atoms with Crippen molar-refractivity contribution in [3.05, 3.63) is 0 Å². The van der Waals surface area contributed by atoms with E-state index in [1.165, 1.54) is 19.8 Å². The van der Waals surface area contributed by atoms with Crippen LogP contribution < -0.4 is 10.6 Å². The summed E-state index contributed by atoms with van der Waals surface area (Å²) in [7, 11) is 0. The van der Waals surface area contributed by atoms with Crippen LogP contribution in [0, 0.1) is 0 Å². The Kier molecular flexibility index (Phi) is 5.55. The number of hydrogen-bond donors (Lipinski definition) is 2. The first-order chi connectivity index (χ1) is 7.59. The van der Waals surface area contributed by atoms with E-state index in [4.69, 9.17) is 11.6 Å². The van der Waals surface area contributed by atoms with Crippen LogP contribution in [0.4, 0.5) is 4.79 Å². The van der Waals surface area contributed by atoms with E-state index in [1.807, 2.05) is 0 Å². The second-order valence-corrected chi connectivity index (χ2v) is 4.56. The summed E-state index contributed by atoms with van der Waals surface area (Å²) in [4.78, 5) is 24.6. The van der Waals surface area contributed by atoms with Crippen LogP contribution in [0.1, 0.15) is 19.8 Å². The largest absolute Gasteiger partial charge is 0.337 e. The summed E-state index contributed by atoms with van der Waals surface area (Å²) >= 11 is 5.51. The van der Waals surface area contributed by atoms with Gasteiger partial charge < -0.3 is 10.2 Å². The van der Waals surface area contributed by atoms with Crippen LogP contribution in [-0.4, -0.2) is 48.4 Å². The molecule has 0 aromatic rings. The van der Waals surface area contributed by atoms with Gasteiger partial charge in [0.15, 0.2) is 0 Å². The van der Waals surface area contributed by atoms with Gasteiger partial charge in [-0.15, -0.1) is 11.6 Å². The van der Waals surface area contributed by atoms with Crippen LogP contribution in [0.3, 0.4) is 0 Å². The first kappa shape index (κ1) is 13.3. The molecule has 2 N–H and O–H groups in total. The molecule has 1 fully saturated rings. The van der Waals surface area contributed by atoms with Crippen molar-refractivity contribution in [1.82, 2.24) is 15.5 Å². The van der Waals surface area contributed by atoms with Gasteiger partial charge in [-0.2, -0.15) is 0 Å². The summed E-state index contributed by atoms with van der Waals surface area (Å²) in [6.07, 6.45) is 2.46. The Bertz CT molecular complexity index is 252. The molecule has 1 aliphatic heterocycles. The van der Waals surface area contributed by atoms with E-state index in [0.717, 1.165) is 19.6 Å². The van der Waals surface area contributed by atoms with E-state index in [1.54, 1.807) is 0 Å². The van der Waals surface area contributed by atoms with Crippen molar-refractivity contribution in [2.24, 2.45) is 0 Å². The second kappa shape index (κ2) is 6.70. The molecule has 6 heteroatoms. The van der Waals surface area contributed by atoms with Crippen molar-refractivity contribution in [2.75, 3.05) is 26.2 Å². The summed E-state index contributed by atoms with van der Waals surface area (Å²) < 4.78 is 0. The van der Waals surface area contributed by atoms with Gasteiger partial charge in [0.2, 0.25) is 5.91 Å². The summed E-state index contributed by atoms with van der Waals surface area (Å²) in [5.41, 5.74) is 0. The molecule has 92 valence electrons. The highest BCUT2D eigenvalue weighted by Gasteiger charge is 2.14. The zero-order valence-corrected chi connectivity index (χ0v) is 10.2. The van der Waals surface area contributed by atoms with Crippen molar-refractivity contribution in [2.45, 2.75) is 25.1 Å². The summed E-state index contributed by atoms with van der Waals surface area (Å²) in [5.74, 6) is -0.472. The molecule has 0 aliphatic carbocycles. The third kappa shape index (κ3) is 4.81. The van der Waals surface area contributed by atoms with E-state index in [-0.39, 0.29) is 0 Å². The second-order valence-electron chi connectivity index (χ2n) is 3.91. The lowest BCUT2D eigenvalue weighted by Crippen LogP contribution is -2.44. The molecular weight excluding hydrogens is 230 g/mol. The number of alkyl halides is 1. The average molecular weight is 248 g/mol. The quantitative estimate of drug-likeness (QED) is 0.713. The Hall–Kier alpha value is -0.810. The van der Waals surface area contributed by atoms with Crippen LogP contribution in [0.2, 0.25) is 0 Å². The van der Waals surface area contributed by atoms with Crippen LogP contribution >= 0.6 is 11.6 Å². The standard InChI is InChI=1S/C10H18ClN3O2/c1-8(11)9(15)13-10(16)12-4-7-14-5-2-3-6-14/h8H,2-7H2,1H3,(H2,12,13,15,16). The van der Waals surface area contributed by atoms with Crippen molar-refractivity contribution in [3.63, 3.8) is 0 Å². The first-order valence-corrected chi connectivity index (χ1v) is 5.98. The number of imide groups is 1. The SMILES string of the molecule is CC(Cl)C(=O)NC(=O)NCCN1CCCC1. The molecule has 1 atom stereocenters. The van der Waals surface area contributed by atoms with E-state index < -0.39 is 17.3 Å². The third-order valence-corrected chi connectivity index (χ3v) is 2.71. The molecular formula is C10H18ClN3O2. The Morgan fingerprint density at radius 2 is 2.00 bits per heavy atom. The Balaban J connectivity index is 2.08. The van der Waals surface area contributed by atoms with Crippen LogP contribution in [0.15, 0.2) is 0 Å². The molecule has 0 aromatic heterocycles. The zero-order valence-electron chi connectivity index (χ0n) is 9.46. The van der Waals surface area contributed by atoms with Gasteiger partial charge in [-0.3, -0.25) is 10.1 Å². The van der Waals surface area contributed by atoms with E-state index in [0.29, 0.717) is 6.54 Å². The monoisotopic (exact) mass is 247 g/mol. The number of hydrogen-bond acceptors (Lipinski definition) is 3. The number of halogens is 1. The maximum Gasteiger partial charge on any atom is 0.321 e. The highest BCUT2D eigenvalue weighted by atomic mass is 35.5. The maximum atomic E-state index is 11.2. The van der Waals surface area contributed by atoms with Crippen molar-refractivity contribution >= 4 is 23.5 Å². The number of rotatable bonds is 4. The summed E-state index contributed by atoms with van der Waals surface area (Å²) in [6.45, 7) is 5.10. The fourth-order valence-electron chi connectivity index (χ4n) is 1.59. The molecule has 1 unspecified atom stereocenters. The number of carbonyl (C=O) groups is 2. The highest BCUT2D eigenvalue weighted by Crippen LogP contribution is 2.05. The van der Waals surface area contributed by atoms with Gasteiger partial charge in [0.1, 0.15) is 5.38 Å². The fourth-order valence-corrected chi connectivity index (χ4v) is 1.64. The summed E-state index contributed by atoms with van der Waals surface area (Å²) in [5, 5.41) is 4.10. The molecule has 0 aromatic carbocycles. The molecule has 1 aliphatic rings. The fraction of sp³-hybridized carbons (Fsp3) is 0.800. The van der Waals surface area contributed by atoms with Crippen molar-refractivity contribution < 1.29 is 9.59 Å². The van der Waals surface area contributed by atoms with Crippen molar-refractivity contribution in [3.8, 4) is 0 Å². The van der Waals surface area contributed by atoms with Gasteiger partial charge in [0.05, 0.1) is 0 Å². The molecule has 3 amide bonds. The molecule has 1 saturated heterocycles. The average Bonchev–Trinajstić information content (AvgIpc) is 2.70. The van der Waals surface area contributed by atoms with Gasteiger partial charge in [-0.05, 0) is 32.9 Å². The Labute approximate surface area is 101 Å². The van der Waals surface area contributed by atoms with Gasteiger partial charge in [-0.1, -0.05) is 0 Å². The lowest BCUT2D eigenvalue weighted by atomic mass is 10.4. The van der Waals surface area contributed by atoms with Crippen LogP contribution in [-0.2, 0) is 4.79 Å². The molecule has 16 heavy (non-hydrogen) atoms. The molecule has 0 bridgehead atoms. The van der Waals surface area contributed by atoms with Crippen LogP contribution in [0.5, 0.6) is 0 Å². The van der Waals surface area contributed by atoms with Gasteiger partial charge in [0, 0.05) is 13.1 Å². The lowest BCUT2D eigenvalue weighted by Gasteiger charge is -2.14.